The van der Waals surface area contributed by atoms with Gasteiger partial charge in [-0.2, -0.15) is 0 Å². The number of aromatic nitrogens is 2. The summed E-state index contributed by atoms with van der Waals surface area (Å²) in [6, 6.07) is 1.78. The average molecular weight is 365 g/mol. The minimum absolute atomic E-state index is 0.0500. The van der Waals surface area contributed by atoms with E-state index in [-0.39, 0.29) is 16.7 Å². The van der Waals surface area contributed by atoms with Gasteiger partial charge in [0.05, 0.1) is 23.8 Å². The first kappa shape index (κ1) is 17.2. The van der Waals surface area contributed by atoms with Crippen LogP contribution in [0.5, 0.6) is 0 Å². The Hall–Kier alpha value is -1.64. The molecule has 0 bridgehead atoms. The normalized spacial score (nSPS) is 16.3. The number of ether oxygens (including phenoxy) is 1. The van der Waals surface area contributed by atoms with Crippen LogP contribution in [-0.4, -0.2) is 51.9 Å². The van der Waals surface area contributed by atoms with Gasteiger partial charge in [0.1, 0.15) is 4.83 Å². The Kier molecular flexibility index (Phi) is 5.37. The third-order valence-corrected chi connectivity index (χ3v) is 5.70. The summed E-state index contributed by atoms with van der Waals surface area (Å²) in [5.74, 6) is 0.0500. The van der Waals surface area contributed by atoms with Crippen molar-refractivity contribution in [3.05, 3.63) is 34.5 Å². The molecular formula is C16H19N3O3S2. The van der Waals surface area contributed by atoms with Gasteiger partial charge in [0.15, 0.2) is 5.16 Å². The average Bonchev–Trinajstić information content (AvgIpc) is 3.07. The number of carbonyl (C=O) groups is 1. The minimum Gasteiger partial charge on any atom is -0.378 e. The molecule has 1 unspecified atom stereocenters. The summed E-state index contributed by atoms with van der Waals surface area (Å²) in [5, 5.41) is 2.71. The van der Waals surface area contributed by atoms with Gasteiger partial charge < -0.3 is 9.64 Å². The number of morpholine rings is 1. The SMILES string of the molecule is C=CCn1c(SC(C)C(=O)N2CCOCC2)nc2sccc2c1=O. The summed E-state index contributed by atoms with van der Waals surface area (Å²) in [7, 11) is 0. The Morgan fingerprint density at radius 2 is 2.29 bits per heavy atom. The zero-order valence-corrected chi connectivity index (χ0v) is 15.1. The minimum atomic E-state index is -0.316. The molecule has 1 saturated heterocycles. The van der Waals surface area contributed by atoms with E-state index in [0.717, 1.165) is 0 Å². The van der Waals surface area contributed by atoms with E-state index in [1.54, 1.807) is 21.6 Å². The smallest absolute Gasteiger partial charge is 0.263 e. The summed E-state index contributed by atoms with van der Waals surface area (Å²) in [5.41, 5.74) is -0.0883. The predicted octanol–water partition coefficient (Wildman–Crippen LogP) is 1.98. The van der Waals surface area contributed by atoms with Crippen LogP contribution in [0.3, 0.4) is 0 Å². The Morgan fingerprint density at radius 1 is 1.54 bits per heavy atom. The maximum atomic E-state index is 12.6. The van der Waals surface area contributed by atoms with E-state index in [1.165, 1.54) is 23.1 Å². The maximum Gasteiger partial charge on any atom is 0.263 e. The Labute approximate surface area is 148 Å². The van der Waals surface area contributed by atoms with Crippen LogP contribution in [0.4, 0.5) is 0 Å². The molecular weight excluding hydrogens is 346 g/mol. The third kappa shape index (κ3) is 3.40. The molecule has 3 heterocycles. The van der Waals surface area contributed by atoms with Crippen molar-refractivity contribution < 1.29 is 9.53 Å². The number of amides is 1. The van der Waals surface area contributed by atoms with Crippen molar-refractivity contribution in [2.45, 2.75) is 23.9 Å². The quantitative estimate of drug-likeness (QED) is 0.461. The number of fused-ring (bicyclic) bond motifs is 1. The molecule has 128 valence electrons. The van der Waals surface area contributed by atoms with Gasteiger partial charge in [-0.25, -0.2) is 4.98 Å². The number of hydrogen-bond acceptors (Lipinski definition) is 6. The molecule has 0 saturated carbocycles. The summed E-state index contributed by atoms with van der Waals surface area (Å²) in [6.07, 6.45) is 1.67. The third-order valence-electron chi connectivity index (χ3n) is 3.81. The van der Waals surface area contributed by atoms with Gasteiger partial charge in [-0.1, -0.05) is 17.8 Å². The second-order valence-electron chi connectivity index (χ2n) is 5.44. The van der Waals surface area contributed by atoms with E-state index < -0.39 is 0 Å². The summed E-state index contributed by atoms with van der Waals surface area (Å²) in [6.45, 7) is 8.31. The van der Waals surface area contributed by atoms with Crippen molar-refractivity contribution in [3.63, 3.8) is 0 Å². The molecule has 0 aliphatic carbocycles. The van der Waals surface area contributed by atoms with E-state index in [9.17, 15) is 9.59 Å². The van der Waals surface area contributed by atoms with Crippen LogP contribution < -0.4 is 5.56 Å². The van der Waals surface area contributed by atoms with Gasteiger partial charge in [0.2, 0.25) is 5.91 Å². The first-order chi connectivity index (χ1) is 11.6. The van der Waals surface area contributed by atoms with Crippen LogP contribution in [0.1, 0.15) is 6.92 Å². The molecule has 2 aromatic rings. The zero-order valence-electron chi connectivity index (χ0n) is 13.4. The standard InChI is InChI=1S/C16H19N3O3S2/c1-3-5-19-15(21)12-4-10-23-13(12)17-16(19)24-11(2)14(20)18-6-8-22-9-7-18/h3-4,10-11H,1,5-9H2,2H3. The van der Waals surface area contributed by atoms with Gasteiger partial charge in [0.25, 0.3) is 5.56 Å². The lowest BCUT2D eigenvalue weighted by atomic mass is 10.3. The molecule has 1 fully saturated rings. The number of thiophene rings is 1. The molecule has 24 heavy (non-hydrogen) atoms. The molecule has 1 atom stereocenters. The van der Waals surface area contributed by atoms with Crippen LogP contribution in [0, 0.1) is 0 Å². The first-order valence-corrected chi connectivity index (χ1v) is 9.50. The van der Waals surface area contributed by atoms with Gasteiger partial charge in [-0.15, -0.1) is 17.9 Å². The molecule has 0 aromatic carbocycles. The Bertz CT molecular complexity index is 808. The van der Waals surface area contributed by atoms with Gasteiger partial charge in [0, 0.05) is 19.6 Å². The summed E-state index contributed by atoms with van der Waals surface area (Å²) < 4.78 is 6.87. The number of thioether (sulfide) groups is 1. The fraction of sp³-hybridized carbons (Fsp3) is 0.438. The fourth-order valence-corrected chi connectivity index (χ4v) is 4.37. The van der Waals surface area contributed by atoms with Crippen LogP contribution in [0.15, 0.2) is 34.1 Å². The van der Waals surface area contributed by atoms with Crippen molar-refractivity contribution in [3.8, 4) is 0 Å². The number of carbonyl (C=O) groups excluding carboxylic acids is 1. The second kappa shape index (κ2) is 7.50. The molecule has 6 nitrogen and oxygen atoms in total. The van der Waals surface area contributed by atoms with Crippen molar-refractivity contribution in [2.75, 3.05) is 26.3 Å². The number of nitrogens with zero attached hydrogens (tertiary/aromatic N) is 3. The second-order valence-corrected chi connectivity index (χ2v) is 7.64. The van der Waals surface area contributed by atoms with E-state index in [1.807, 2.05) is 12.3 Å². The van der Waals surface area contributed by atoms with Crippen molar-refractivity contribution in [2.24, 2.45) is 0 Å². The van der Waals surface area contributed by atoms with Crippen molar-refractivity contribution >= 4 is 39.2 Å². The van der Waals surface area contributed by atoms with Crippen molar-refractivity contribution in [1.82, 2.24) is 14.5 Å². The Balaban J connectivity index is 1.87. The lowest BCUT2D eigenvalue weighted by molar-refractivity contribution is -0.134. The molecule has 8 heteroatoms. The lowest BCUT2D eigenvalue weighted by Crippen LogP contribution is -2.44. The highest BCUT2D eigenvalue weighted by Gasteiger charge is 2.25. The van der Waals surface area contributed by atoms with E-state index in [0.29, 0.717) is 48.2 Å². The van der Waals surface area contributed by atoms with Crippen LogP contribution in [0.25, 0.3) is 10.2 Å². The molecule has 3 rings (SSSR count). The Morgan fingerprint density at radius 3 is 3.00 bits per heavy atom. The lowest BCUT2D eigenvalue weighted by Gasteiger charge is -2.29. The van der Waals surface area contributed by atoms with Crippen molar-refractivity contribution in [1.29, 1.82) is 0 Å². The van der Waals surface area contributed by atoms with Crippen LogP contribution in [0.2, 0.25) is 0 Å². The monoisotopic (exact) mass is 365 g/mol. The zero-order chi connectivity index (χ0) is 17.1. The maximum absolute atomic E-state index is 12.6. The van der Waals surface area contributed by atoms with E-state index in [4.69, 9.17) is 4.74 Å². The molecule has 0 N–H and O–H groups in total. The number of hydrogen-bond donors (Lipinski definition) is 0. The molecule has 1 aliphatic rings. The van der Waals surface area contributed by atoms with Crippen LogP contribution in [-0.2, 0) is 16.1 Å². The summed E-state index contributed by atoms with van der Waals surface area (Å²) in [4.78, 5) is 32.3. The highest BCUT2D eigenvalue weighted by atomic mass is 32.2. The summed E-state index contributed by atoms with van der Waals surface area (Å²) >= 11 is 2.75. The topological polar surface area (TPSA) is 64.4 Å². The highest BCUT2D eigenvalue weighted by molar-refractivity contribution is 8.00. The first-order valence-electron chi connectivity index (χ1n) is 7.74. The van der Waals surface area contributed by atoms with Gasteiger partial charge in [-0.05, 0) is 18.4 Å². The molecule has 1 amide bonds. The molecule has 0 spiro atoms. The number of rotatable bonds is 5. The van der Waals surface area contributed by atoms with E-state index in [2.05, 4.69) is 11.6 Å². The highest BCUT2D eigenvalue weighted by Crippen LogP contribution is 2.25. The number of allylic oxidation sites excluding steroid dienone is 1. The van der Waals surface area contributed by atoms with E-state index >= 15 is 0 Å². The van der Waals surface area contributed by atoms with Gasteiger partial charge in [-0.3, -0.25) is 14.2 Å². The van der Waals surface area contributed by atoms with Crippen LogP contribution >= 0.6 is 23.1 Å². The molecule has 0 radical (unpaired) electrons. The fourth-order valence-electron chi connectivity index (χ4n) is 2.56. The largest absolute Gasteiger partial charge is 0.378 e. The molecule has 2 aromatic heterocycles. The predicted molar refractivity (Wildman–Crippen MR) is 96.8 cm³/mol. The molecule has 1 aliphatic heterocycles. The van der Waals surface area contributed by atoms with Gasteiger partial charge >= 0.3 is 0 Å².